The van der Waals surface area contributed by atoms with E-state index in [2.05, 4.69) is 20.8 Å². The predicted molar refractivity (Wildman–Crippen MR) is 63.5 cm³/mol. The fourth-order valence-corrected chi connectivity index (χ4v) is 0.508. The molecular weight excluding hydrogens is 174 g/mol. The van der Waals surface area contributed by atoms with Crippen LogP contribution in [0.15, 0.2) is 29.2 Å². The number of rotatable bonds is 0. The average molecular weight is 197 g/mol. The molecule has 0 radical (unpaired) electrons. The Kier molecular flexibility index (Phi) is 11.1. The second-order valence-corrected chi connectivity index (χ2v) is 3.38. The Balaban J connectivity index is 0. The minimum Gasteiger partial charge on any atom is -0.319 e. The van der Waals surface area contributed by atoms with Crippen molar-refractivity contribution in [3.05, 3.63) is 34.7 Å². The second kappa shape index (κ2) is 10.0. The lowest BCUT2D eigenvalue weighted by Crippen LogP contribution is -2.12. The minimum absolute atomic E-state index is 0.0347. The summed E-state index contributed by atoms with van der Waals surface area (Å²) in [4.78, 5) is 10.6. The molecule has 1 heterocycles. The second-order valence-electron chi connectivity index (χ2n) is 3.38. The van der Waals surface area contributed by atoms with Gasteiger partial charge in [0.1, 0.15) is 0 Å². The van der Waals surface area contributed by atoms with Crippen molar-refractivity contribution in [2.75, 3.05) is 0 Å². The molecule has 0 spiro atoms. The fraction of sp³-hybridized carbons (Fsp3) is 0.583. The van der Waals surface area contributed by atoms with Gasteiger partial charge >= 0.3 is 0 Å². The van der Waals surface area contributed by atoms with Gasteiger partial charge in [-0.1, -0.05) is 40.7 Å². The van der Waals surface area contributed by atoms with Crippen LogP contribution in [0.1, 0.15) is 34.6 Å². The summed E-state index contributed by atoms with van der Waals surface area (Å²) in [5, 5.41) is 0. The first-order chi connectivity index (χ1) is 6.54. The molecule has 0 amide bonds. The molecule has 0 saturated carbocycles. The quantitative estimate of drug-likeness (QED) is 0.626. The van der Waals surface area contributed by atoms with Crippen LogP contribution >= 0.6 is 0 Å². The van der Waals surface area contributed by atoms with Gasteiger partial charge in [-0.25, -0.2) is 0 Å². The van der Waals surface area contributed by atoms with Crippen LogP contribution in [0.3, 0.4) is 0 Å². The number of hydrogen-bond donors (Lipinski definition) is 0. The molecule has 1 aromatic heterocycles. The monoisotopic (exact) mass is 197 g/mol. The number of pyridine rings is 1. The summed E-state index contributed by atoms with van der Waals surface area (Å²) in [5.74, 6) is 0.833. The van der Waals surface area contributed by atoms with Crippen LogP contribution in [0.2, 0.25) is 0 Å². The average Bonchev–Trinajstić information content (AvgIpc) is 2.13. The van der Waals surface area contributed by atoms with Crippen molar-refractivity contribution in [1.29, 1.82) is 0 Å². The lowest BCUT2D eigenvalue weighted by Gasteiger charge is -1.89. The molecule has 1 rings (SSSR count). The van der Waals surface area contributed by atoms with Crippen LogP contribution in [-0.2, 0) is 7.05 Å². The molecule has 0 atom stereocenters. The van der Waals surface area contributed by atoms with Gasteiger partial charge in [-0.05, 0) is 12.0 Å². The number of aryl methyl sites for hydroxylation is 1. The van der Waals surface area contributed by atoms with E-state index in [9.17, 15) is 4.79 Å². The third-order valence-corrected chi connectivity index (χ3v) is 1.01. The molecule has 82 valence electrons. The van der Waals surface area contributed by atoms with Gasteiger partial charge in [-0.2, -0.15) is 0 Å². The molecule has 0 N–H and O–H groups in total. The maximum atomic E-state index is 10.6. The lowest BCUT2D eigenvalue weighted by atomic mass is 10.3. The predicted octanol–water partition coefficient (Wildman–Crippen LogP) is 3.07. The highest BCUT2D eigenvalue weighted by Crippen LogP contribution is 1.81. The number of nitrogens with zero attached hydrogens (tertiary/aromatic N) is 1. The van der Waals surface area contributed by atoms with Crippen LogP contribution < -0.4 is 5.56 Å². The maximum absolute atomic E-state index is 10.6. The molecular formula is C12H23NO. The summed E-state index contributed by atoms with van der Waals surface area (Å²) in [7, 11) is 1.72. The lowest BCUT2D eigenvalue weighted by molar-refractivity contribution is 0.737. The Morgan fingerprint density at radius 1 is 1.14 bits per heavy atom. The Labute approximate surface area is 87.6 Å². The first-order valence-corrected chi connectivity index (χ1v) is 5.15. The summed E-state index contributed by atoms with van der Waals surface area (Å²) in [5.41, 5.74) is 0.0347. The van der Waals surface area contributed by atoms with Gasteiger partial charge in [0, 0.05) is 19.3 Å². The van der Waals surface area contributed by atoms with Gasteiger partial charge in [-0.3, -0.25) is 4.79 Å². The van der Waals surface area contributed by atoms with Crippen molar-refractivity contribution < 1.29 is 0 Å². The van der Waals surface area contributed by atoms with E-state index < -0.39 is 0 Å². The molecule has 2 heteroatoms. The van der Waals surface area contributed by atoms with Crippen molar-refractivity contribution in [3.63, 3.8) is 0 Å². The zero-order valence-electron chi connectivity index (χ0n) is 10.2. The highest BCUT2D eigenvalue weighted by Gasteiger charge is 1.79. The van der Waals surface area contributed by atoms with Crippen molar-refractivity contribution in [2.24, 2.45) is 13.0 Å². The van der Waals surface area contributed by atoms with Crippen molar-refractivity contribution >= 4 is 0 Å². The van der Waals surface area contributed by atoms with Gasteiger partial charge in [0.2, 0.25) is 5.56 Å². The topological polar surface area (TPSA) is 22.0 Å². The SMILES string of the molecule is CC.CC(C)C.Cn1ccccc1=O. The molecule has 0 saturated heterocycles. The van der Waals surface area contributed by atoms with E-state index in [1.54, 1.807) is 19.3 Å². The highest BCUT2D eigenvalue weighted by molar-refractivity contribution is 4.91. The first kappa shape index (κ1) is 15.4. The fourth-order valence-electron chi connectivity index (χ4n) is 0.508. The molecule has 0 unspecified atom stereocenters. The molecule has 14 heavy (non-hydrogen) atoms. The van der Waals surface area contributed by atoms with E-state index in [0.717, 1.165) is 5.92 Å². The van der Waals surface area contributed by atoms with Crippen LogP contribution in [0.25, 0.3) is 0 Å². The highest BCUT2D eigenvalue weighted by atomic mass is 16.1. The third-order valence-electron chi connectivity index (χ3n) is 1.01. The summed E-state index contributed by atoms with van der Waals surface area (Å²) in [6.45, 7) is 10.5. The molecule has 0 aliphatic carbocycles. The number of hydrogen-bond acceptors (Lipinski definition) is 1. The van der Waals surface area contributed by atoms with E-state index in [-0.39, 0.29) is 5.56 Å². The summed E-state index contributed by atoms with van der Waals surface area (Å²) in [6, 6.07) is 5.07. The zero-order chi connectivity index (χ0) is 11.6. The maximum Gasteiger partial charge on any atom is 0.250 e. The molecule has 2 nitrogen and oxygen atoms in total. The normalized spacial score (nSPS) is 8.21. The summed E-state index contributed by atoms with van der Waals surface area (Å²) < 4.78 is 1.53. The van der Waals surface area contributed by atoms with Crippen LogP contribution in [0, 0.1) is 5.92 Å². The van der Waals surface area contributed by atoms with Gasteiger partial charge in [0.05, 0.1) is 0 Å². The van der Waals surface area contributed by atoms with E-state index in [1.165, 1.54) is 10.6 Å². The van der Waals surface area contributed by atoms with Crippen molar-refractivity contribution in [3.8, 4) is 0 Å². The molecule has 0 aromatic carbocycles. The van der Waals surface area contributed by atoms with Crippen molar-refractivity contribution in [2.45, 2.75) is 34.6 Å². The Morgan fingerprint density at radius 2 is 1.57 bits per heavy atom. The Morgan fingerprint density at radius 3 is 1.79 bits per heavy atom. The summed E-state index contributed by atoms with van der Waals surface area (Å²) in [6.07, 6.45) is 1.72. The third kappa shape index (κ3) is 11.0. The molecule has 0 aliphatic heterocycles. The van der Waals surface area contributed by atoms with Crippen LogP contribution in [0.4, 0.5) is 0 Å². The zero-order valence-corrected chi connectivity index (χ0v) is 10.2. The van der Waals surface area contributed by atoms with Crippen LogP contribution in [-0.4, -0.2) is 4.57 Å². The van der Waals surface area contributed by atoms with E-state index in [1.807, 2.05) is 19.9 Å². The molecule has 1 aromatic rings. The molecule has 0 fully saturated rings. The van der Waals surface area contributed by atoms with Crippen LogP contribution in [0.5, 0.6) is 0 Å². The van der Waals surface area contributed by atoms with Gasteiger partial charge < -0.3 is 4.57 Å². The Hall–Kier alpha value is -1.05. The number of aromatic nitrogens is 1. The van der Waals surface area contributed by atoms with Gasteiger partial charge in [0.15, 0.2) is 0 Å². The van der Waals surface area contributed by atoms with Gasteiger partial charge in [0.25, 0.3) is 0 Å². The smallest absolute Gasteiger partial charge is 0.250 e. The Bertz CT molecular complexity index is 260. The van der Waals surface area contributed by atoms with Gasteiger partial charge in [-0.15, -0.1) is 0 Å². The molecule has 0 bridgehead atoms. The van der Waals surface area contributed by atoms with Crippen molar-refractivity contribution in [1.82, 2.24) is 4.57 Å². The van der Waals surface area contributed by atoms with E-state index in [0.29, 0.717) is 0 Å². The summed E-state index contributed by atoms with van der Waals surface area (Å²) >= 11 is 0. The largest absolute Gasteiger partial charge is 0.319 e. The van der Waals surface area contributed by atoms with E-state index in [4.69, 9.17) is 0 Å². The molecule has 0 aliphatic rings. The minimum atomic E-state index is 0.0347. The standard InChI is InChI=1S/C6H7NO.C4H10.C2H6/c1-7-5-3-2-4-6(7)8;1-4(2)3;1-2/h2-5H,1H3;4H,1-3H3;1-2H3. The van der Waals surface area contributed by atoms with E-state index >= 15 is 0 Å². The first-order valence-electron chi connectivity index (χ1n) is 5.15.